The molecule has 1 aromatic carbocycles. The van der Waals surface area contributed by atoms with E-state index in [4.69, 9.17) is 5.73 Å². The normalized spacial score (nSPS) is 13.1. The molecule has 0 saturated carbocycles. The zero-order valence-electron chi connectivity index (χ0n) is 14.5. The maximum Gasteiger partial charge on any atom is 0.193 e. The average molecular weight is 313 g/mol. The lowest BCUT2D eigenvalue weighted by Gasteiger charge is -2.12. The van der Waals surface area contributed by atoms with E-state index < -0.39 is 0 Å². The van der Waals surface area contributed by atoms with E-state index in [-0.39, 0.29) is 0 Å². The second-order valence-electron chi connectivity index (χ2n) is 6.12. The van der Waals surface area contributed by atoms with Crippen molar-refractivity contribution in [3.8, 4) is 0 Å². The van der Waals surface area contributed by atoms with Gasteiger partial charge in [0.25, 0.3) is 0 Å². The van der Waals surface area contributed by atoms with Gasteiger partial charge in [0, 0.05) is 24.5 Å². The molecule has 0 saturated heterocycles. The number of rotatable bonds is 6. The molecule has 124 valence electrons. The van der Waals surface area contributed by atoms with Gasteiger partial charge in [-0.3, -0.25) is 9.67 Å². The molecule has 1 unspecified atom stereocenters. The molecule has 23 heavy (non-hydrogen) atoms. The number of anilines is 1. The molecule has 1 aromatic heterocycles. The minimum absolute atomic E-state index is 0.371. The lowest BCUT2D eigenvalue weighted by Crippen LogP contribution is -2.24. The van der Waals surface area contributed by atoms with E-state index in [1.54, 1.807) is 0 Å². The fourth-order valence-electron chi connectivity index (χ4n) is 2.52. The SMILES string of the molecule is CCc1cccc(NC(N)=NCC(C)Cn2nc(C)cc2C)c1. The standard InChI is InChI=1S/C18H27N5/c1-5-16-7-6-8-17(10-16)21-18(19)20-11-13(2)12-23-15(4)9-14(3)22-23/h6-10,13H,5,11-12H2,1-4H3,(H3,19,20,21). The van der Waals surface area contributed by atoms with Crippen LogP contribution in [0.25, 0.3) is 0 Å². The van der Waals surface area contributed by atoms with Crippen molar-refractivity contribution < 1.29 is 0 Å². The van der Waals surface area contributed by atoms with Gasteiger partial charge in [0.2, 0.25) is 0 Å². The average Bonchev–Trinajstić information content (AvgIpc) is 2.83. The Hall–Kier alpha value is -2.30. The highest BCUT2D eigenvalue weighted by Crippen LogP contribution is 2.11. The fourth-order valence-corrected chi connectivity index (χ4v) is 2.52. The number of hydrogen-bond donors (Lipinski definition) is 2. The van der Waals surface area contributed by atoms with Crippen LogP contribution in [0.4, 0.5) is 5.69 Å². The van der Waals surface area contributed by atoms with Crippen LogP contribution < -0.4 is 11.1 Å². The monoisotopic (exact) mass is 313 g/mol. The molecule has 0 amide bonds. The van der Waals surface area contributed by atoms with Gasteiger partial charge < -0.3 is 11.1 Å². The third kappa shape index (κ3) is 5.13. The maximum atomic E-state index is 5.99. The van der Waals surface area contributed by atoms with Gasteiger partial charge in [-0.1, -0.05) is 26.0 Å². The zero-order valence-corrected chi connectivity index (χ0v) is 14.5. The van der Waals surface area contributed by atoms with E-state index in [1.807, 2.05) is 23.7 Å². The summed E-state index contributed by atoms with van der Waals surface area (Å²) in [7, 11) is 0. The minimum atomic E-state index is 0.371. The van der Waals surface area contributed by atoms with Crippen LogP contribution in [0.5, 0.6) is 0 Å². The first kappa shape index (κ1) is 17.1. The third-order valence-electron chi connectivity index (χ3n) is 3.77. The number of benzene rings is 1. The molecule has 0 aliphatic heterocycles. The molecule has 2 aromatic rings. The summed E-state index contributed by atoms with van der Waals surface area (Å²) in [6.07, 6.45) is 1.01. The number of nitrogens with two attached hydrogens (primary N) is 1. The van der Waals surface area contributed by atoms with Gasteiger partial charge in [0.1, 0.15) is 0 Å². The van der Waals surface area contributed by atoms with E-state index in [0.29, 0.717) is 18.4 Å². The molecule has 0 radical (unpaired) electrons. The molecule has 0 fully saturated rings. The minimum Gasteiger partial charge on any atom is -0.370 e. The van der Waals surface area contributed by atoms with Crippen molar-refractivity contribution in [2.75, 3.05) is 11.9 Å². The summed E-state index contributed by atoms with van der Waals surface area (Å²) < 4.78 is 2.03. The van der Waals surface area contributed by atoms with Crippen LogP contribution in [-0.4, -0.2) is 22.3 Å². The molecule has 3 N–H and O–H groups in total. The summed E-state index contributed by atoms with van der Waals surface area (Å²) in [4.78, 5) is 4.45. The van der Waals surface area contributed by atoms with Crippen LogP contribution >= 0.6 is 0 Å². The second-order valence-corrected chi connectivity index (χ2v) is 6.12. The summed E-state index contributed by atoms with van der Waals surface area (Å²) >= 11 is 0. The molecular formula is C18H27N5. The Bertz CT molecular complexity index is 672. The van der Waals surface area contributed by atoms with E-state index in [9.17, 15) is 0 Å². The van der Waals surface area contributed by atoms with Crippen molar-refractivity contribution in [3.05, 3.63) is 47.3 Å². The number of guanidine groups is 1. The van der Waals surface area contributed by atoms with Crippen LogP contribution in [0.3, 0.4) is 0 Å². The van der Waals surface area contributed by atoms with Crippen molar-refractivity contribution in [3.63, 3.8) is 0 Å². The lowest BCUT2D eigenvalue weighted by atomic mass is 10.1. The zero-order chi connectivity index (χ0) is 16.8. The molecule has 5 heteroatoms. The Morgan fingerprint density at radius 1 is 1.35 bits per heavy atom. The van der Waals surface area contributed by atoms with Crippen molar-refractivity contribution in [2.45, 2.75) is 40.7 Å². The van der Waals surface area contributed by atoms with E-state index in [1.165, 1.54) is 11.3 Å². The molecule has 1 heterocycles. The molecule has 0 bridgehead atoms. The summed E-state index contributed by atoms with van der Waals surface area (Å²) in [6, 6.07) is 10.3. The molecule has 1 atom stereocenters. The number of aromatic nitrogens is 2. The number of nitrogens with one attached hydrogen (secondary N) is 1. The largest absolute Gasteiger partial charge is 0.370 e. The van der Waals surface area contributed by atoms with Gasteiger partial charge >= 0.3 is 0 Å². The first-order valence-electron chi connectivity index (χ1n) is 8.15. The quantitative estimate of drug-likeness (QED) is 0.636. The Labute approximate surface area is 138 Å². The molecule has 2 rings (SSSR count). The highest BCUT2D eigenvalue weighted by molar-refractivity contribution is 5.92. The fraction of sp³-hybridized carbons (Fsp3) is 0.444. The lowest BCUT2D eigenvalue weighted by molar-refractivity contribution is 0.450. The summed E-state index contributed by atoms with van der Waals surface area (Å²) in [5.41, 5.74) is 10.5. The van der Waals surface area contributed by atoms with Gasteiger partial charge in [-0.25, -0.2) is 0 Å². The molecule has 0 spiro atoms. The molecule has 5 nitrogen and oxygen atoms in total. The van der Waals surface area contributed by atoms with Gasteiger partial charge in [-0.15, -0.1) is 0 Å². The number of aryl methyl sites for hydroxylation is 3. The van der Waals surface area contributed by atoms with E-state index in [2.05, 4.69) is 54.4 Å². The van der Waals surface area contributed by atoms with Crippen LogP contribution in [0.15, 0.2) is 35.3 Å². The first-order valence-corrected chi connectivity index (χ1v) is 8.15. The van der Waals surface area contributed by atoms with Gasteiger partial charge in [-0.2, -0.15) is 5.10 Å². The smallest absolute Gasteiger partial charge is 0.193 e. The third-order valence-corrected chi connectivity index (χ3v) is 3.77. The molecular weight excluding hydrogens is 286 g/mol. The Morgan fingerprint density at radius 2 is 2.13 bits per heavy atom. The van der Waals surface area contributed by atoms with Gasteiger partial charge in [0.15, 0.2) is 5.96 Å². The van der Waals surface area contributed by atoms with Gasteiger partial charge in [0.05, 0.1) is 5.69 Å². The van der Waals surface area contributed by atoms with Gasteiger partial charge in [-0.05, 0) is 49.9 Å². The highest BCUT2D eigenvalue weighted by Gasteiger charge is 2.07. The number of nitrogens with zero attached hydrogens (tertiary/aromatic N) is 3. The summed E-state index contributed by atoms with van der Waals surface area (Å²) in [5, 5.41) is 7.64. The first-order chi connectivity index (χ1) is 11.0. The van der Waals surface area contributed by atoms with E-state index in [0.717, 1.165) is 24.3 Å². The van der Waals surface area contributed by atoms with Crippen LogP contribution in [0.2, 0.25) is 0 Å². The molecule has 0 aliphatic rings. The van der Waals surface area contributed by atoms with Crippen LogP contribution in [0, 0.1) is 19.8 Å². The van der Waals surface area contributed by atoms with E-state index >= 15 is 0 Å². The Balaban J connectivity index is 1.89. The predicted octanol–water partition coefficient (Wildman–Crippen LogP) is 3.13. The Morgan fingerprint density at radius 3 is 2.78 bits per heavy atom. The maximum absolute atomic E-state index is 5.99. The second kappa shape index (κ2) is 7.81. The highest BCUT2D eigenvalue weighted by atomic mass is 15.3. The topological polar surface area (TPSA) is 68.2 Å². The number of hydrogen-bond acceptors (Lipinski definition) is 2. The predicted molar refractivity (Wildman–Crippen MR) is 96.8 cm³/mol. The van der Waals surface area contributed by atoms with Crippen molar-refractivity contribution in [1.29, 1.82) is 0 Å². The summed E-state index contributed by atoms with van der Waals surface area (Å²) in [5.74, 6) is 0.828. The molecule has 0 aliphatic carbocycles. The Kier molecular flexibility index (Phi) is 5.79. The van der Waals surface area contributed by atoms with Crippen molar-refractivity contribution in [1.82, 2.24) is 9.78 Å². The van der Waals surface area contributed by atoms with Crippen LogP contribution in [-0.2, 0) is 13.0 Å². The van der Waals surface area contributed by atoms with Crippen molar-refractivity contribution >= 4 is 11.6 Å². The summed E-state index contributed by atoms with van der Waals surface area (Å²) in [6.45, 7) is 9.90. The van der Waals surface area contributed by atoms with Crippen LogP contribution in [0.1, 0.15) is 30.8 Å². The van der Waals surface area contributed by atoms with Crippen molar-refractivity contribution in [2.24, 2.45) is 16.6 Å². The number of aliphatic imine (C=N–C) groups is 1.